The Balaban J connectivity index is 2.51. The number of hydrogen-bond acceptors (Lipinski definition) is 4. The smallest absolute Gasteiger partial charge is 0.178 e. The van der Waals surface area contributed by atoms with Gasteiger partial charge in [0.05, 0.1) is 5.56 Å². The summed E-state index contributed by atoms with van der Waals surface area (Å²) in [4.78, 5) is 16.3. The zero-order chi connectivity index (χ0) is 13.1. The number of halogens is 1. The van der Waals surface area contributed by atoms with E-state index in [1.165, 1.54) is 24.3 Å². The number of carbonyl (C=O) groups is 1. The van der Waals surface area contributed by atoms with E-state index >= 15 is 0 Å². The van der Waals surface area contributed by atoms with Crippen LogP contribution in [-0.4, -0.2) is 16.5 Å². The molecule has 0 amide bonds. The second-order valence-electron chi connectivity index (χ2n) is 3.64. The van der Waals surface area contributed by atoms with E-state index in [9.17, 15) is 9.18 Å². The molecule has 0 fully saturated rings. The summed E-state index contributed by atoms with van der Waals surface area (Å²) in [5.41, 5.74) is 0.896. The summed E-state index contributed by atoms with van der Waals surface area (Å²) in [6.07, 6.45) is 0. The average Bonchev–Trinajstić information content (AvgIpc) is 2.79. The van der Waals surface area contributed by atoms with E-state index in [2.05, 4.69) is 4.98 Å². The Kier molecular flexibility index (Phi) is 4.14. The summed E-state index contributed by atoms with van der Waals surface area (Å²) in [7, 11) is 0. The van der Waals surface area contributed by atoms with Crippen LogP contribution in [0.4, 0.5) is 4.39 Å². The first-order valence-electron chi connectivity index (χ1n) is 5.51. The average molecular weight is 281 g/mol. The lowest BCUT2D eigenvalue weighted by molar-refractivity contribution is 0.101. The molecule has 0 saturated heterocycles. The number of benzene rings is 1. The largest absolute Gasteiger partial charge is 0.293 e. The summed E-state index contributed by atoms with van der Waals surface area (Å²) in [6.45, 7) is 3.48. The lowest BCUT2D eigenvalue weighted by atomic mass is 10.2. The molecule has 1 aromatic heterocycles. The minimum absolute atomic E-state index is 0.0986. The molecule has 0 unspecified atom stereocenters. The molecule has 2 nitrogen and oxygen atoms in total. The lowest BCUT2D eigenvalue weighted by Gasteiger charge is -2.06. The highest BCUT2D eigenvalue weighted by Crippen LogP contribution is 2.35. The number of thiazole rings is 1. The van der Waals surface area contributed by atoms with E-state index in [0.29, 0.717) is 16.3 Å². The number of carbonyl (C=O) groups excluding carboxylic acids is 1. The number of nitrogens with zero attached hydrogens (tertiary/aromatic N) is 1. The SMILES string of the molecule is CCSc1cccc(F)c1-c1nc(C(C)=O)cs1. The fraction of sp³-hybridized carbons (Fsp3) is 0.231. The maximum absolute atomic E-state index is 13.9. The Morgan fingerprint density at radius 3 is 2.89 bits per heavy atom. The van der Waals surface area contributed by atoms with Crippen molar-refractivity contribution >= 4 is 28.9 Å². The van der Waals surface area contributed by atoms with Crippen molar-refractivity contribution in [3.63, 3.8) is 0 Å². The Labute approximate surface area is 113 Å². The van der Waals surface area contributed by atoms with Crippen molar-refractivity contribution in [1.29, 1.82) is 0 Å². The molecule has 0 aliphatic carbocycles. The molecule has 0 aliphatic rings. The number of thioether (sulfide) groups is 1. The summed E-state index contributed by atoms with van der Waals surface area (Å²) < 4.78 is 13.9. The topological polar surface area (TPSA) is 30.0 Å². The zero-order valence-electron chi connectivity index (χ0n) is 10.1. The molecule has 0 radical (unpaired) electrons. The lowest BCUT2D eigenvalue weighted by Crippen LogP contribution is -1.93. The maximum atomic E-state index is 13.9. The highest BCUT2D eigenvalue weighted by atomic mass is 32.2. The number of hydrogen-bond donors (Lipinski definition) is 0. The molecule has 94 valence electrons. The summed E-state index contributed by atoms with van der Waals surface area (Å²) in [6, 6.07) is 4.99. The van der Waals surface area contributed by atoms with E-state index in [-0.39, 0.29) is 11.6 Å². The Morgan fingerprint density at radius 1 is 1.50 bits per heavy atom. The van der Waals surface area contributed by atoms with Crippen molar-refractivity contribution in [3.05, 3.63) is 35.1 Å². The van der Waals surface area contributed by atoms with Gasteiger partial charge in [0.15, 0.2) is 5.78 Å². The van der Waals surface area contributed by atoms with E-state index in [1.807, 2.05) is 13.0 Å². The van der Waals surface area contributed by atoms with E-state index in [4.69, 9.17) is 0 Å². The highest BCUT2D eigenvalue weighted by Gasteiger charge is 2.15. The van der Waals surface area contributed by atoms with Crippen LogP contribution in [0.2, 0.25) is 0 Å². The molecule has 5 heteroatoms. The van der Waals surface area contributed by atoms with Crippen LogP contribution >= 0.6 is 23.1 Å². The fourth-order valence-electron chi connectivity index (χ4n) is 1.54. The van der Waals surface area contributed by atoms with E-state index in [0.717, 1.165) is 10.6 Å². The van der Waals surface area contributed by atoms with Gasteiger partial charge in [0.25, 0.3) is 0 Å². The number of aromatic nitrogens is 1. The molecule has 0 N–H and O–H groups in total. The molecule has 0 saturated carbocycles. The van der Waals surface area contributed by atoms with Gasteiger partial charge in [-0.05, 0) is 17.9 Å². The zero-order valence-corrected chi connectivity index (χ0v) is 11.7. The minimum atomic E-state index is -0.294. The van der Waals surface area contributed by atoms with Crippen LogP contribution in [0.15, 0.2) is 28.5 Å². The second kappa shape index (κ2) is 5.63. The van der Waals surface area contributed by atoms with Gasteiger partial charge in [-0.3, -0.25) is 4.79 Å². The van der Waals surface area contributed by atoms with Crippen LogP contribution < -0.4 is 0 Å². The third kappa shape index (κ3) is 2.62. The first-order valence-corrected chi connectivity index (χ1v) is 7.38. The normalized spacial score (nSPS) is 10.6. The predicted molar refractivity (Wildman–Crippen MR) is 73.9 cm³/mol. The van der Waals surface area contributed by atoms with Crippen molar-refractivity contribution < 1.29 is 9.18 Å². The van der Waals surface area contributed by atoms with Crippen LogP contribution in [0.1, 0.15) is 24.3 Å². The minimum Gasteiger partial charge on any atom is -0.293 e. The van der Waals surface area contributed by atoms with Crippen LogP contribution in [0, 0.1) is 5.82 Å². The first-order chi connectivity index (χ1) is 8.63. The standard InChI is InChI=1S/C13H12FNOS2/c1-3-17-11-6-4-5-9(14)12(11)13-15-10(7-18-13)8(2)16/h4-7H,3H2,1-2H3. The van der Waals surface area contributed by atoms with Crippen molar-refractivity contribution in [2.45, 2.75) is 18.7 Å². The molecular weight excluding hydrogens is 269 g/mol. The number of ketones is 1. The van der Waals surface area contributed by atoms with Gasteiger partial charge in [0.1, 0.15) is 16.5 Å². The van der Waals surface area contributed by atoms with Crippen molar-refractivity contribution in [1.82, 2.24) is 4.98 Å². The van der Waals surface area contributed by atoms with Crippen LogP contribution in [-0.2, 0) is 0 Å². The molecule has 0 atom stereocenters. The van der Waals surface area contributed by atoms with E-state index < -0.39 is 0 Å². The van der Waals surface area contributed by atoms with Gasteiger partial charge >= 0.3 is 0 Å². The summed E-state index contributed by atoms with van der Waals surface area (Å²) >= 11 is 2.87. The quantitative estimate of drug-likeness (QED) is 0.619. The molecule has 0 bridgehead atoms. The Hall–Kier alpha value is -1.20. The van der Waals surface area contributed by atoms with Crippen LogP contribution in [0.25, 0.3) is 10.6 Å². The van der Waals surface area contributed by atoms with Crippen molar-refractivity contribution in [2.24, 2.45) is 0 Å². The van der Waals surface area contributed by atoms with Crippen molar-refractivity contribution in [3.8, 4) is 10.6 Å². The third-order valence-electron chi connectivity index (χ3n) is 2.35. The molecule has 0 aliphatic heterocycles. The van der Waals surface area contributed by atoms with Gasteiger partial charge in [-0.25, -0.2) is 9.37 Å². The number of rotatable bonds is 4. The number of Topliss-reactive ketones (excluding diaryl/α,β-unsaturated/α-hetero) is 1. The van der Waals surface area contributed by atoms with Gasteiger partial charge in [-0.15, -0.1) is 23.1 Å². The van der Waals surface area contributed by atoms with Crippen LogP contribution in [0.3, 0.4) is 0 Å². The first kappa shape index (κ1) is 13.2. The Bertz CT molecular complexity index is 580. The molecule has 1 aromatic carbocycles. The van der Waals surface area contributed by atoms with Gasteiger partial charge in [-0.1, -0.05) is 13.0 Å². The molecule has 2 rings (SSSR count). The second-order valence-corrected chi connectivity index (χ2v) is 5.80. The monoisotopic (exact) mass is 281 g/mol. The predicted octanol–water partition coefficient (Wildman–Crippen LogP) is 4.26. The summed E-state index contributed by atoms with van der Waals surface area (Å²) in [5, 5.41) is 2.24. The van der Waals surface area contributed by atoms with Crippen LogP contribution in [0.5, 0.6) is 0 Å². The maximum Gasteiger partial charge on any atom is 0.178 e. The van der Waals surface area contributed by atoms with Gasteiger partial charge < -0.3 is 0 Å². The Morgan fingerprint density at radius 2 is 2.28 bits per heavy atom. The van der Waals surface area contributed by atoms with Gasteiger partial charge in [0, 0.05) is 17.2 Å². The molecule has 18 heavy (non-hydrogen) atoms. The van der Waals surface area contributed by atoms with Crippen molar-refractivity contribution in [2.75, 3.05) is 5.75 Å². The molecule has 2 aromatic rings. The fourth-order valence-corrected chi connectivity index (χ4v) is 3.35. The van der Waals surface area contributed by atoms with E-state index in [1.54, 1.807) is 23.2 Å². The molecule has 0 spiro atoms. The highest BCUT2D eigenvalue weighted by molar-refractivity contribution is 7.99. The summed E-state index contributed by atoms with van der Waals surface area (Å²) in [5.74, 6) is 0.470. The third-order valence-corrected chi connectivity index (χ3v) is 4.15. The molecular formula is C13H12FNOS2. The van der Waals surface area contributed by atoms with Gasteiger partial charge in [-0.2, -0.15) is 0 Å². The van der Waals surface area contributed by atoms with Gasteiger partial charge in [0.2, 0.25) is 0 Å². The molecule has 1 heterocycles.